The van der Waals surface area contributed by atoms with Crippen molar-refractivity contribution < 1.29 is 0 Å². The number of allylic oxidation sites excluding steroid dienone is 1. The molecule has 166 valence electrons. The van der Waals surface area contributed by atoms with E-state index in [4.69, 9.17) is 19.9 Å². The zero-order valence-electron chi connectivity index (χ0n) is 19.5. The Bertz CT molecular complexity index is 1590. The van der Waals surface area contributed by atoms with Gasteiger partial charge in [0.1, 0.15) is 0 Å². The predicted octanol–water partition coefficient (Wildman–Crippen LogP) is 6.64. The lowest BCUT2D eigenvalue weighted by atomic mass is 9.79. The molecular formula is C31H22N4. The lowest BCUT2D eigenvalue weighted by Crippen LogP contribution is -2.06. The summed E-state index contributed by atoms with van der Waals surface area (Å²) < 4.78 is 0. The Morgan fingerprint density at radius 3 is 1.69 bits per heavy atom. The minimum absolute atomic E-state index is 0.00267. The van der Waals surface area contributed by atoms with E-state index in [1.54, 1.807) is 0 Å². The van der Waals surface area contributed by atoms with Gasteiger partial charge in [-0.05, 0) is 71.5 Å². The van der Waals surface area contributed by atoms with E-state index in [2.05, 4.69) is 56.3 Å². The standard InChI is InChI=1S/C31H22N4/c1-18-11-12-19(2)24(17-18)27(25-20-7-3-13-32-28(20)29-21(25)8-4-14-33-29)26-22-9-5-15-34-30(22)31-23(26)10-6-16-35-31/h3-17,25H,1-2H3. The Labute approximate surface area is 204 Å². The largest absolute Gasteiger partial charge is 0.254 e. The Hall–Kier alpha value is -4.44. The minimum atomic E-state index is -0.00267. The average Bonchev–Trinajstić information content (AvgIpc) is 3.41. The fourth-order valence-electron chi connectivity index (χ4n) is 5.66. The molecule has 2 aliphatic carbocycles. The first-order chi connectivity index (χ1) is 17.2. The molecule has 0 amide bonds. The molecule has 0 N–H and O–H groups in total. The Kier molecular flexibility index (Phi) is 4.30. The number of pyridine rings is 4. The maximum Gasteiger partial charge on any atom is 0.0971 e. The quantitative estimate of drug-likeness (QED) is 0.297. The van der Waals surface area contributed by atoms with Crippen molar-refractivity contribution in [3.63, 3.8) is 0 Å². The lowest BCUT2D eigenvalue weighted by Gasteiger charge is -2.24. The van der Waals surface area contributed by atoms with Crippen LogP contribution in [0, 0.1) is 13.8 Å². The fraction of sp³-hybridized carbons (Fsp3) is 0.0968. The number of hydrogen-bond acceptors (Lipinski definition) is 4. The van der Waals surface area contributed by atoms with E-state index >= 15 is 0 Å². The summed E-state index contributed by atoms with van der Waals surface area (Å²) in [6, 6.07) is 23.6. The zero-order chi connectivity index (χ0) is 23.5. The second-order valence-electron chi connectivity index (χ2n) is 9.22. The molecule has 0 bridgehead atoms. The lowest BCUT2D eigenvalue weighted by molar-refractivity contribution is 1.07. The first-order valence-corrected chi connectivity index (χ1v) is 11.9. The molecule has 0 atom stereocenters. The van der Waals surface area contributed by atoms with Crippen molar-refractivity contribution in [1.82, 2.24) is 19.9 Å². The average molecular weight is 451 g/mol. The number of nitrogens with zero attached hydrogens (tertiary/aromatic N) is 4. The van der Waals surface area contributed by atoms with E-state index in [1.807, 2.05) is 49.1 Å². The van der Waals surface area contributed by atoms with Crippen LogP contribution in [0.3, 0.4) is 0 Å². The monoisotopic (exact) mass is 450 g/mol. The maximum atomic E-state index is 4.77. The summed E-state index contributed by atoms with van der Waals surface area (Å²) in [6.45, 7) is 4.35. The zero-order valence-corrected chi connectivity index (χ0v) is 19.5. The summed E-state index contributed by atoms with van der Waals surface area (Å²) in [5.41, 5.74) is 14.6. The van der Waals surface area contributed by atoms with Gasteiger partial charge in [0.05, 0.1) is 22.8 Å². The van der Waals surface area contributed by atoms with Crippen LogP contribution in [0.1, 0.15) is 44.9 Å². The highest BCUT2D eigenvalue weighted by atomic mass is 14.8. The highest BCUT2D eigenvalue weighted by molar-refractivity contribution is 6.11. The minimum Gasteiger partial charge on any atom is -0.254 e. The molecule has 4 aromatic heterocycles. The van der Waals surface area contributed by atoms with E-state index in [0.717, 1.165) is 33.9 Å². The molecule has 4 heteroatoms. The summed E-state index contributed by atoms with van der Waals surface area (Å²) in [6.07, 6.45) is 7.43. The van der Waals surface area contributed by atoms with Crippen molar-refractivity contribution in [2.75, 3.05) is 0 Å². The van der Waals surface area contributed by atoms with Crippen LogP contribution in [0.25, 0.3) is 33.9 Å². The van der Waals surface area contributed by atoms with Gasteiger partial charge in [0, 0.05) is 41.8 Å². The first-order valence-electron chi connectivity index (χ1n) is 11.9. The Morgan fingerprint density at radius 1 is 0.600 bits per heavy atom. The summed E-state index contributed by atoms with van der Waals surface area (Å²) in [4.78, 5) is 19.1. The number of fused-ring (bicyclic) bond motifs is 6. The second-order valence-corrected chi connectivity index (χ2v) is 9.22. The summed E-state index contributed by atoms with van der Waals surface area (Å²) in [5.74, 6) is -0.00267. The SMILES string of the molecule is Cc1ccc(C)c(C(=C2c3cccnc3-c3ncccc32)C2c3cccnc3-c3ncccc32)c1. The molecule has 5 aromatic rings. The smallest absolute Gasteiger partial charge is 0.0971 e. The molecule has 0 saturated carbocycles. The third kappa shape index (κ3) is 2.86. The molecule has 0 aliphatic heterocycles. The van der Waals surface area contributed by atoms with Crippen molar-refractivity contribution in [2.24, 2.45) is 0 Å². The van der Waals surface area contributed by atoms with E-state index in [-0.39, 0.29) is 5.92 Å². The summed E-state index contributed by atoms with van der Waals surface area (Å²) in [5, 5.41) is 0. The van der Waals surface area contributed by atoms with Crippen molar-refractivity contribution in [2.45, 2.75) is 19.8 Å². The van der Waals surface area contributed by atoms with Crippen molar-refractivity contribution >= 4 is 11.1 Å². The van der Waals surface area contributed by atoms with Gasteiger partial charge in [0.25, 0.3) is 0 Å². The molecule has 1 aromatic carbocycles. The third-order valence-electron chi connectivity index (χ3n) is 7.14. The van der Waals surface area contributed by atoms with Crippen molar-refractivity contribution in [3.8, 4) is 22.8 Å². The van der Waals surface area contributed by atoms with Crippen LogP contribution in [0.15, 0.2) is 91.5 Å². The molecule has 7 rings (SSSR count). The number of rotatable bonds is 2. The van der Waals surface area contributed by atoms with Gasteiger partial charge < -0.3 is 0 Å². The highest BCUT2D eigenvalue weighted by Crippen LogP contribution is 2.55. The van der Waals surface area contributed by atoms with E-state index < -0.39 is 0 Å². The molecule has 4 heterocycles. The number of aromatic nitrogens is 4. The predicted molar refractivity (Wildman–Crippen MR) is 139 cm³/mol. The van der Waals surface area contributed by atoms with Crippen LogP contribution in [-0.4, -0.2) is 19.9 Å². The number of benzene rings is 1. The first kappa shape index (κ1) is 20.0. The van der Waals surface area contributed by atoms with Gasteiger partial charge in [-0.2, -0.15) is 0 Å². The topological polar surface area (TPSA) is 51.6 Å². The van der Waals surface area contributed by atoms with E-state index in [0.29, 0.717) is 0 Å². The van der Waals surface area contributed by atoms with Crippen LogP contribution >= 0.6 is 0 Å². The molecule has 0 fully saturated rings. The normalized spacial score (nSPS) is 13.3. The number of hydrogen-bond donors (Lipinski definition) is 0. The van der Waals surface area contributed by atoms with Crippen molar-refractivity contribution in [1.29, 1.82) is 0 Å². The molecule has 0 spiro atoms. The Morgan fingerprint density at radius 2 is 1.11 bits per heavy atom. The van der Waals surface area contributed by atoms with Gasteiger partial charge in [0.2, 0.25) is 0 Å². The second kappa shape index (κ2) is 7.54. The van der Waals surface area contributed by atoms with Gasteiger partial charge in [0.15, 0.2) is 0 Å². The van der Waals surface area contributed by atoms with Gasteiger partial charge in [-0.3, -0.25) is 19.9 Å². The van der Waals surface area contributed by atoms with Gasteiger partial charge in [-0.15, -0.1) is 0 Å². The molecule has 4 nitrogen and oxygen atoms in total. The van der Waals surface area contributed by atoms with Crippen LogP contribution in [0.4, 0.5) is 0 Å². The summed E-state index contributed by atoms with van der Waals surface area (Å²) >= 11 is 0. The van der Waals surface area contributed by atoms with Crippen LogP contribution < -0.4 is 0 Å². The van der Waals surface area contributed by atoms with Crippen LogP contribution in [0.5, 0.6) is 0 Å². The molecule has 2 aliphatic rings. The molecule has 0 radical (unpaired) electrons. The van der Waals surface area contributed by atoms with E-state index in [1.165, 1.54) is 39.0 Å². The van der Waals surface area contributed by atoms with Crippen LogP contribution in [0.2, 0.25) is 0 Å². The maximum absolute atomic E-state index is 4.77. The molecule has 35 heavy (non-hydrogen) atoms. The van der Waals surface area contributed by atoms with Crippen LogP contribution in [-0.2, 0) is 0 Å². The molecule has 0 unspecified atom stereocenters. The third-order valence-corrected chi connectivity index (χ3v) is 7.14. The molecular weight excluding hydrogens is 428 g/mol. The van der Waals surface area contributed by atoms with Gasteiger partial charge in [-0.25, -0.2) is 0 Å². The summed E-state index contributed by atoms with van der Waals surface area (Å²) in [7, 11) is 0. The van der Waals surface area contributed by atoms with Gasteiger partial charge >= 0.3 is 0 Å². The fourth-order valence-corrected chi connectivity index (χ4v) is 5.66. The number of aryl methyl sites for hydroxylation is 2. The van der Waals surface area contributed by atoms with E-state index in [9.17, 15) is 0 Å². The van der Waals surface area contributed by atoms with Gasteiger partial charge in [-0.1, -0.05) is 48.0 Å². The molecule has 0 saturated heterocycles. The highest BCUT2D eigenvalue weighted by Gasteiger charge is 2.38. The van der Waals surface area contributed by atoms with Crippen molar-refractivity contribution in [3.05, 3.63) is 130 Å². The Balaban J connectivity index is 1.67.